The minimum absolute atomic E-state index is 0. The Morgan fingerprint density at radius 3 is 0.444 bits per heavy atom. The Bertz CT molecular complexity index is 343. The van der Waals surface area contributed by atoms with E-state index in [1.165, 1.54) is 0 Å². The van der Waals surface area contributed by atoms with Crippen molar-refractivity contribution in [3.05, 3.63) is 0 Å². The van der Waals surface area contributed by atoms with Crippen LogP contribution < -0.4 is 22.6 Å². The van der Waals surface area contributed by atoms with Crippen molar-refractivity contribution in [3.63, 3.8) is 0 Å². The van der Waals surface area contributed by atoms with Gasteiger partial charge >= 0.3 is 146 Å². The molecule has 0 saturated carbocycles. The average molecular weight is 1110 g/mol. The molecule has 0 aromatic carbocycles. The van der Waals surface area contributed by atoms with E-state index in [2.05, 4.69) is 0 Å². The van der Waals surface area contributed by atoms with Gasteiger partial charge in [0.2, 0.25) is 0 Å². The zero-order chi connectivity index (χ0) is 13.5. The summed E-state index contributed by atoms with van der Waals surface area (Å²) in [5, 5.41) is 0. The van der Waals surface area contributed by atoms with Gasteiger partial charge in [-0.25, -0.2) is 0 Å². The first-order valence-corrected chi connectivity index (χ1v) is 11.8. The first kappa shape index (κ1) is 37.5. The van der Waals surface area contributed by atoms with Crippen molar-refractivity contribution in [2.24, 2.45) is 0 Å². The number of hydrogen-bond acceptors (Lipinski definition) is 12. The zero-order valence-electron chi connectivity index (χ0n) is 7.47. The van der Waals surface area contributed by atoms with Crippen molar-refractivity contribution in [2.75, 3.05) is 0 Å². The predicted molar refractivity (Wildman–Crippen MR) is 21.4 cm³/mol. The first-order chi connectivity index (χ1) is 6.00. The zero-order valence-corrected chi connectivity index (χ0v) is 23.9. The third-order valence-corrected chi connectivity index (χ3v) is 0. The molecule has 7 radical (unpaired) electrons. The van der Waals surface area contributed by atoms with Gasteiger partial charge in [-0.3, -0.25) is 0 Å². The summed E-state index contributed by atoms with van der Waals surface area (Å²) >= 11 is -18.1. The van der Waals surface area contributed by atoms with E-state index in [4.69, 9.17) is 42.9 Å². The third kappa shape index (κ3) is 600. The van der Waals surface area contributed by atoms with Crippen LogP contribution >= 0.6 is 0 Å². The van der Waals surface area contributed by atoms with E-state index in [1.807, 2.05) is 0 Å². The summed E-state index contributed by atoms with van der Waals surface area (Å²) in [6.45, 7) is 0. The third-order valence-electron chi connectivity index (χ3n) is 0. The van der Waals surface area contributed by atoms with Crippen molar-refractivity contribution in [3.8, 4) is 0 Å². The standard InChI is InChI=1S/3Bi.3Mo.12O/q;2*+3;;;;;;;;;;6*-1. The number of rotatable bonds is 0. The molecule has 0 heterocycles. The minimum atomic E-state index is -6.02. The molecule has 0 fully saturated rings. The Morgan fingerprint density at radius 1 is 0.444 bits per heavy atom. The van der Waals surface area contributed by atoms with Gasteiger partial charge in [0.05, 0.1) is 0 Å². The molecular formula is Bi3Mo3O12. The van der Waals surface area contributed by atoms with Gasteiger partial charge in [-0.15, -0.1) is 0 Å². The van der Waals surface area contributed by atoms with Gasteiger partial charge < -0.3 is 0 Å². The van der Waals surface area contributed by atoms with Crippen LogP contribution in [0.4, 0.5) is 0 Å². The van der Waals surface area contributed by atoms with Crippen LogP contribution in [0.15, 0.2) is 0 Å². The SMILES string of the molecule is [Bi+3].[Bi+3].[Bi].[O]=[Mo](=[O])([O-])[O-].[O]=[Mo](=[O])([O-])[O-].[O]=[Mo](=[O])([O-])[O-]. The average Bonchev–Trinajstić information content (AvgIpc) is 1.41. The molecule has 0 unspecified atom stereocenters. The van der Waals surface area contributed by atoms with Gasteiger partial charge in [-0.1, -0.05) is 0 Å². The van der Waals surface area contributed by atoms with Crippen molar-refractivity contribution >= 4 is 78.6 Å². The van der Waals surface area contributed by atoms with Gasteiger partial charge in [-0.05, 0) is 0 Å². The second-order valence-corrected chi connectivity index (χ2v) is 7.25. The maximum absolute atomic E-state index is 8.63. The van der Waals surface area contributed by atoms with E-state index in [9.17, 15) is 0 Å². The summed E-state index contributed by atoms with van der Waals surface area (Å²) in [6.07, 6.45) is 0. The van der Waals surface area contributed by atoms with Gasteiger partial charge in [0.1, 0.15) is 0 Å². The fraction of sp³-hybridized carbons (Fsp3) is 0. The van der Waals surface area contributed by atoms with Crippen LogP contribution in [0.1, 0.15) is 0 Å². The maximum atomic E-state index is 8.63. The Balaban J connectivity index is -0.0000000277. The summed E-state index contributed by atoms with van der Waals surface area (Å²) < 4.78 is 104. The van der Waals surface area contributed by atoms with Crippen LogP contribution in [-0.4, -0.2) is 78.6 Å². The van der Waals surface area contributed by atoms with Crippen LogP contribution in [0.25, 0.3) is 0 Å². The molecule has 0 saturated heterocycles. The monoisotopic (exact) mass is 1110 g/mol. The van der Waals surface area contributed by atoms with Gasteiger partial charge in [0.25, 0.3) is 0 Å². The molecular weight excluding hydrogens is 1110 g/mol. The Kier molecular flexibility index (Phi) is 34.7. The molecule has 105 valence electrons. The molecule has 0 aromatic rings. The molecule has 0 rings (SSSR count). The van der Waals surface area contributed by atoms with Crippen molar-refractivity contribution in [1.29, 1.82) is 0 Å². The fourth-order valence-electron chi connectivity index (χ4n) is 0. The second kappa shape index (κ2) is 16.6. The molecule has 0 aromatic heterocycles. The summed E-state index contributed by atoms with van der Waals surface area (Å²) in [5.74, 6) is 0. The van der Waals surface area contributed by atoms with Crippen LogP contribution in [0.2, 0.25) is 0 Å². The Labute approximate surface area is 168 Å². The van der Waals surface area contributed by atoms with Gasteiger partial charge in [0, 0.05) is 26.2 Å². The molecule has 0 aliphatic carbocycles. The first-order valence-electron chi connectivity index (χ1n) is 2.00. The van der Waals surface area contributed by atoms with Crippen molar-refractivity contribution in [1.82, 2.24) is 0 Å². The molecule has 0 spiro atoms. The van der Waals surface area contributed by atoms with E-state index in [-0.39, 0.29) is 78.6 Å². The Morgan fingerprint density at radius 2 is 0.444 bits per heavy atom. The van der Waals surface area contributed by atoms with Crippen LogP contribution in [-0.2, 0) is 70.6 Å². The van der Waals surface area contributed by atoms with Gasteiger partial charge in [0.15, 0.2) is 0 Å². The van der Waals surface area contributed by atoms with Crippen LogP contribution in [0.5, 0.6) is 0 Å². The molecule has 0 amide bonds. The molecule has 0 atom stereocenters. The molecule has 12 nitrogen and oxygen atoms in total. The summed E-state index contributed by atoms with van der Waals surface area (Å²) in [7, 11) is 0. The quantitative estimate of drug-likeness (QED) is 0.206. The summed E-state index contributed by atoms with van der Waals surface area (Å²) in [5.41, 5.74) is 0. The van der Waals surface area contributed by atoms with E-state index in [1.54, 1.807) is 0 Å². The molecule has 18 heteroatoms. The summed E-state index contributed by atoms with van der Waals surface area (Å²) in [4.78, 5) is 0. The van der Waals surface area contributed by atoms with Crippen molar-refractivity contribution in [2.45, 2.75) is 0 Å². The fourth-order valence-corrected chi connectivity index (χ4v) is 0. The Hall–Kier alpha value is 3.27. The van der Waals surface area contributed by atoms with Crippen molar-refractivity contribution < 1.29 is 93.2 Å². The second-order valence-electron chi connectivity index (χ2n) is 1.22. The van der Waals surface area contributed by atoms with Crippen LogP contribution in [0.3, 0.4) is 0 Å². The molecule has 0 aliphatic heterocycles. The van der Waals surface area contributed by atoms with Crippen LogP contribution in [0, 0.1) is 0 Å². The number of hydrogen-bond donors (Lipinski definition) is 0. The predicted octanol–water partition coefficient (Wildman–Crippen LogP) is -9.00. The summed E-state index contributed by atoms with van der Waals surface area (Å²) in [6, 6.07) is 0. The molecule has 0 bridgehead atoms. The van der Waals surface area contributed by atoms with E-state index in [0.29, 0.717) is 0 Å². The molecule has 0 N–H and O–H groups in total. The normalized spacial score (nSPS) is 9.67. The van der Waals surface area contributed by atoms with E-state index in [0.717, 1.165) is 0 Å². The van der Waals surface area contributed by atoms with E-state index >= 15 is 0 Å². The van der Waals surface area contributed by atoms with Gasteiger partial charge in [-0.2, -0.15) is 0 Å². The molecule has 18 heavy (non-hydrogen) atoms. The molecule has 0 aliphatic rings. The van der Waals surface area contributed by atoms with E-state index < -0.39 is 50.2 Å². The topological polar surface area (TPSA) is 241 Å².